The number of amides is 1. The number of ether oxygens (including phenoxy) is 2. The molecule has 0 bridgehead atoms. The molecular formula is C23H25N3O4. The van der Waals surface area contributed by atoms with Crippen LogP contribution in [0.2, 0.25) is 0 Å². The topological polar surface area (TPSA) is 100 Å². The molecule has 0 radical (unpaired) electrons. The van der Waals surface area contributed by atoms with Crippen LogP contribution in [0.5, 0.6) is 5.75 Å². The van der Waals surface area contributed by atoms with Crippen LogP contribution in [0.1, 0.15) is 24.8 Å². The van der Waals surface area contributed by atoms with Crippen molar-refractivity contribution in [3.8, 4) is 22.9 Å². The minimum absolute atomic E-state index is 0.185. The zero-order chi connectivity index (χ0) is 21.3. The van der Waals surface area contributed by atoms with E-state index < -0.39 is 12.1 Å². The third-order valence-corrected chi connectivity index (χ3v) is 5.18. The van der Waals surface area contributed by atoms with Gasteiger partial charge in [0, 0.05) is 19.1 Å². The highest BCUT2D eigenvalue weighted by Gasteiger charge is 2.26. The van der Waals surface area contributed by atoms with Gasteiger partial charge in [-0.05, 0) is 41.8 Å². The molecule has 0 spiro atoms. The predicted octanol–water partition coefficient (Wildman–Crippen LogP) is 2.38. The molecule has 7 nitrogen and oxygen atoms in total. The Morgan fingerprint density at radius 1 is 1.23 bits per heavy atom. The maximum Gasteiger partial charge on any atom is 0.298 e. The van der Waals surface area contributed by atoms with E-state index in [0.29, 0.717) is 25.4 Å². The van der Waals surface area contributed by atoms with Gasteiger partial charge in [0.1, 0.15) is 17.9 Å². The van der Waals surface area contributed by atoms with Crippen molar-refractivity contribution >= 4 is 12.4 Å². The Balaban J connectivity index is 1.65. The molecule has 2 N–H and O–H groups in total. The van der Waals surface area contributed by atoms with Gasteiger partial charge in [0.15, 0.2) is 0 Å². The third-order valence-electron chi connectivity index (χ3n) is 5.18. The van der Waals surface area contributed by atoms with Crippen molar-refractivity contribution in [2.45, 2.75) is 31.4 Å². The monoisotopic (exact) mass is 407 g/mol. The molecular weight excluding hydrogens is 382 g/mol. The van der Waals surface area contributed by atoms with E-state index in [1.54, 1.807) is 12.1 Å². The number of rotatable bonds is 7. The summed E-state index contributed by atoms with van der Waals surface area (Å²) in [5, 5.41) is 15.6. The Labute approximate surface area is 176 Å². The molecule has 3 rings (SSSR count). The first-order valence-electron chi connectivity index (χ1n) is 9.95. The van der Waals surface area contributed by atoms with E-state index in [4.69, 9.17) is 9.47 Å². The van der Waals surface area contributed by atoms with Gasteiger partial charge in [0.2, 0.25) is 0 Å². The van der Waals surface area contributed by atoms with Gasteiger partial charge in [-0.15, -0.1) is 0 Å². The van der Waals surface area contributed by atoms with Gasteiger partial charge in [-0.3, -0.25) is 9.59 Å². The summed E-state index contributed by atoms with van der Waals surface area (Å²) < 4.78 is 10.4. The summed E-state index contributed by atoms with van der Waals surface area (Å²) in [5.41, 5.74) is 2.93. The first-order valence-corrected chi connectivity index (χ1v) is 9.95. The Hall–Kier alpha value is -3.21. The molecule has 1 fully saturated rings. The quantitative estimate of drug-likeness (QED) is 0.684. The second-order valence-electron chi connectivity index (χ2n) is 7.18. The number of nitrogens with zero attached hydrogens (tertiary/aromatic N) is 1. The van der Waals surface area contributed by atoms with E-state index in [1.807, 2.05) is 43.3 Å². The van der Waals surface area contributed by atoms with Crippen molar-refractivity contribution in [2.24, 2.45) is 0 Å². The average molecular weight is 407 g/mol. The maximum absolute atomic E-state index is 12.5. The first kappa shape index (κ1) is 21.5. The fraction of sp³-hybridized carbons (Fsp3) is 0.348. The number of carbonyl (C=O) groups excluding carboxylic acids is 2. The number of nitrogens with one attached hydrogen (secondary N) is 2. The van der Waals surface area contributed by atoms with Crippen molar-refractivity contribution in [2.75, 3.05) is 19.7 Å². The third kappa shape index (κ3) is 5.44. The second kappa shape index (κ2) is 10.5. The maximum atomic E-state index is 12.5. The SMILES string of the molecule is CC(c1ccc(-c2ccc(OC=O)cc2)cc1)[C@@H](C#N)NC(=O)[C@@H]1CNCCCO1. The average Bonchev–Trinajstić information content (AvgIpc) is 3.07. The molecule has 3 atom stereocenters. The minimum atomic E-state index is -0.657. The van der Waals surface area contributed by atoms with Crippen LogP contribution in [0.3, 0.4) is 0 Å². The number of hydrogen-bond donors (Lipinski definition) is 2. The molecule has 0 saturated carbocycles. The number of carbonyl (C=O) groups is 2. The van der Waals surface area contributed by atoms with Crippen molar-refractivity contribution < 1.29 is 19.1 Å². The molecule has 30 heavy (non-hydrogen) atoms. The van der Waals surface area contributed by atoms with Gasteiger partial charge in [-0.2, -0.15) is 5.26 Å². The standard InChI is InChI=1S/C23H25N3O4/c1-16(21(13-24)26-23(28)22-14-25-11-2-12-29-22)17-3-5-18(6-4-17)19-7-9-20(10-8-19)30-15-27/h3-10,15-16,21-22,25H,2,11-12,14H2,1H3,(H,26,28)/t16?,21-,22+/m1/s1. The van der Waals surface area contributed by atoms with Gasteiger partial charge in [0.25, 0.3) is 12.4 Å². The molecule has 2 aromatic rings. The fourth-order valence-electron chi connectivity index (χ4n) is 3.35. The van der Waals surface area contributed by atoms with Crippen molar-refractivity contribution in [3.63, 3.8) is 0 Å². The van der Waals surface area contributed by atoms with Gasteiger partial charge in [0.05, 0.1) is 6.07 Å². The van der Waals surface area contributed by atoms with Gasteiger partial charge < -0.3 is 20.1 Å². The van der Waals surface area contributed by atoms with Crippen LogP contribution in [0.15, 0.2) is 48.5 Å². The van der Waals surface area contributed by atoms with Crippen molar-refractivity contribution in [1.29, 1.82) is 5.26 Å². The summed E-state index contributed by atoms with van der Waals surface area (Å²) in [6, 6.07) is 16.6. The van der Waals surface area contributed by atoms with Crippen molar-refractivity contribution in [3.05, 3.63) is 54.1 Å². The smallest absolute Gasteiger partial charge is 0.298 e. The van der Waals surface area contributed by atoms with E-state index in [-0.39, 0.29) is 11.8 Å². The van der Waals surface area contributed by atoms with Crippen LogP contribution in [0, 0.1) is 11.3 Å². The summed E-state index contributed by atoms with van der Waals surface area (Å²) in [7, 11) is 0. The summed E-state index contributed by atoms with van der Waals surface area (Å²) in [5.74, 6) is 0.0339. The van der Waals surface area contributed by atoms with E-state index >= 15 is 0 Å². The Bertz CT molecular complexity index is 882. The van der Waals surface area contributed by atoms with Crippen LogP contribution in [0.4, 0.5) is 0 Å². The molecule has 2 aromatic carbocycles. The van der Waals surface area contributed by atoms with Crippen LogP contribution in [-0.2, 0) is 14.3 Å². The number of benzene rings is 2. The first-order chi connectivity index (χ1) is 14.6. The lowest BCUT2D eigenvalue weighted by atomic mass is 9.92. The molecule has 1 aliphatic heterocycles. The van der Waals surface area contributed by atoms with Crippen LogP contribution >= 0.6 is 0 Å². The Morgan fingerprint density at radius 3 is 2.53 bits per heavy atom. The Morgan fingerprint density at radius 2 is 1.90 bits per heavy atom. The molecule has 1 amide bonds. The van der Waals surface area contributed by atoms with Gasteiger partial charge >= 0.3 is 0 Å². The zero-order valence-corrected chi connectivity index (χ0v) is 16.8. The molecule has 0 aromatic heterocycles. The van der Waals surface area contributed by atoms with Gasteiger partial charge in [-0.1, -0.05) is 43.3 Å². The highest BCUT2D eigenvalue weighted by Crippen LogP contribution is 2.26. The summed E-state index contributed by atoms with van der Waals surface area (Å²) >= 11 is 0. The van der Waals surface area contributed by atoms with Gasteiger partial charge in [-0.25, -0.2) is 0 Å². The molecule has 7 heteroatoms. The molecule has 0 aliphatic carbocycles. The van der Waals surface area contributed by atoms with Crippen LogP contribution in [0.25, 0.3) is 11.1 Å². The summed E-state index contributed by atoms with van der Waals surface area (Å²) in [6.45, 7) is 4.11. The predicted molar refractivity (Wildman–Crippen MR) is 112 cm³/mol. The number of nitriles is 1. The molecule has 156 valence electrons. The number of hydrogen-bond acceptors (Lipinski definition) is 6. The minimum Gasteiger partial charge on any atom is -0.429 e. The molecule has 1 saturated heterocycles. The molecule has 1 aliphatic rings. The zero-order valence-electron chi connectivity index (χ0n) is 16.8. The van der Waals surface area contributed by atoms with Crippen molar-refractivity contribution in [1.82, 2.24) is 10.6 Å². The Kier molecular flexibility index (Phi) is 7.55. The lowest BCUT2D eigenvalue weighted by molar-refractivity contribution is -0.132. The van der Waals surface area contributed by atoms with E-state index in [1.165, 1.54) is 0 Å². The highest BCUT2D eigenvalue weighted by atomic mass is 16.5. The highest BCUT2D eigenvalue weighted by molar-refractivity contribution is 5.81. The van der Waals surface area contributed by atoms with Crippen LogP contribution < -0.4 is 15.4 Å². The van der Waals surface area contributed by atoms with E-state index in [0.717, 1.165) is 29.7 Å². The lowest BCUT2D eigenvalue weighted by Gasteiger charge is -2.22. The summed E-state index contributed by atoms with van der Waals surface area (Å²) in [4.78, 5) is 22.9. The molecule has 1 heterocycles. The fourth-order valence-corrected chi connectivity index (χ4v) is 3.35. The normalized spacial score (nSPS) is 18.3. The lowest BCUT2D eigenvalue weighted by Crippen LogP contribution is -2.46. The summed E-state index contributed by atoms with van der Waals surface area (Å²) in [6.07, 6.45) is 0.283. The second-order valence-corrected chi connectivity index (χ2v) is 7.18. The van der Waals surface area contributed by atoms with Crippen LogP contribution in [-0.4, -0.2) is 44.2 Å². The largest absolute Gasteiger partial charge is 0.429 e. The van der Waals surface area contributed by atoms with E-state index in [9.17, 15) is 14.9 Å². The van der Waals surface area contributed by atoms with E-state index in [2.05, 4.69) is 16.7 Å². The molecule has 1 unspecified atom stereocenters.